The number of imide groups is 2. The third-order valence-electron chi connectivity index (χ3n) is 4.94. The molecule has 0 aromatic carbocycles. The zero-order valence-electron chi connectivity index (χ0n) is 16.2. The minimum absolute atomic E-state index is 0.183. The predicted octanol–water partition coefficient (Wildman–Crippen LogP) is 2.52. The minimum atomic E-state index is -0.946. The number of nitrogens with zero attached hydrogens (tertiary/aromatic N) is 3. The zero-order chi connectivity index (χ0) is 20.4. The van der Waals surface area contributed by atoms with Crippen molar-refractivity contribution >= 4 is 23.6 Å². The highest BCUT2D eigenvalue weighted by atomic mass is 16.3. The lowest BCUT2D eigenvalue weighted by Crippen LogP contribution is -2.37. The molecule has 1 aliphatic heterocycles. The number of hydrogen-bond donors (Lipinski definition) is 0. The maximum absolute atomic E-state index is 12.8. The summed E-state index contributed by atoms with van der Waals surface area (Å²) in [6.07, 6.45) is 2.98. The number of ketones is 1. The van der Waals surface area contributed by atoms with Gasteiger partial charge in [-0.3, -0.25) is 19.3 Å². The number of carbonyl (C=O) groups excluding carboxylic acids is 4. The summed E-state index contributed by atoms with van der Waals surface area (Å²) in [6.45, 7) is 5.80. The number of furan rings is 1. The summed E-state index contributed by atoms with van der Waals surface area (Å²) < 4.78 is 7.29. The van der Waals surface area contributed by atoms with Crippen LogP contribution < -0.4 is 0 Å². The Labute approximate surface area is 162 Å². The first-order chi connectivity index (χ1) is 13.3. The van der Waals surface area contributed by atoms with Crippen molar-refractivity contribution in [2.75, 3.05) is 13.1 Å². The van der Waals surface area contributed by atoms with E-state index in [0.717, 1.165) is 27.7 Å². The number of Topliss-reactive ketones (excluding diaryl/α,β-unsaturated/α-hetero) is 1. The van der Waals surface area contributed by atoms with Gasteiger partial charge in [0, 0.05) is 23.5 Å². The predicted molar refractivity (Wildman–Crippen MR) is 99.8 cm³/mol. The summed E-state index contributed by atoms with van der Waals surface area (Å²) in [4.78, 5) is 51.1. The molecule has 2 aromatic heterocycles. The Morgan fingerprint density at radius 2 is 1.82 bits per heavy atom. The first kappa shape index (κ1) is 19.6. The van der Waals surface area contributed by atoms with Crippen LogP contribution in [0.2, 0.25) is 0 Å². The van der Waals surface area contributed by atoms with Crippen molar-refractivity contribution in [3.8, 4) is 0 Å². The van der Waals surface area contributed by atoms with E-state index >= 15 is 0 Å². The number of aromatic nitrogens is 1. The third-order valence-corrected chi connectivity index (χ3v) is 4.94. The molecule has 0 unspecified atom stereocenters. The van der Waals surface area contributed by atoms with E-state index in [1.807, 2.05) is 24.5 Å². The standard InChI is InChI=1S/C20H23N3O5/c1-4-5-8-21-18(25)19(26)23(20(21)27)12-17(24)16-10-13(2)22(14(16)3)11-15-7-6-9-28-15/h6-7,9-10H,4-5,8,11-12H2,1-3H3. The van der Waals surface area contributed by atoms with Gasteiger partial charge in [0.15, 0.2) is 5.78 Å². The van der Waals surface area contributed by atoms with Crippen molar-refractivity contribution in [1.29, 1.82) is 0 Å². The Bertz CT molecular complexity index is 926. The molecule has 3 heterocycles. The van der Waals surface area contributed by atoms with E-state index in [-0.39, 0.29) is 12.3 Å². The number of unbranched alkanes of at least 4 members (excludes halogenated alkanes) is 1. The molecule has 8 nitrogen and oxygen atoms in total. The molecule has 1 saturated heterocycles. The van der Waals surface area contributed by atoms with Crippen LogP contribution in [0.5, 0.6) is 0 Å². The zero-order valence-corrected chi connectivity index (χ0v) is 16.2. The van der Waals surface area contributed by atoms with Gasteiger partial charge in [0.1, 0.15) is 5.76 Å². The smallest absolute Gasteiger partial charge is 0.334 e. The normalized spacial score (nSPS) is 14.5. The van der Waals surface area contributed by atoms with Crippen LogP contribution in [0.25, 0.3) is 0 Å². The van der Waals surface area contributed by atoms with E-state index in [9.17, 15) is 19.2 Å². The summed E-state index contributed by atoms with van der Waals surface area (Å²) in [6, 6.07) is 4.64. The Kier molecular flexibility index (Phi) is 5.48. The molecule has 28 heavy (non-hydrogen) atoms. The van der Waals surface area contributed by atoms with Gasteiger partial charge in [0.05, 0.1) is 19.4 Å². The van der Waals surface area contributed by atoms with Gasteiger partial charge in [-0.25, -0.2) is 9.69 Å². The molecule has 3 rings (SSSR count). The molecule has 0 aliphatic carbocycles. The molecule has 0 N–H and O–H groups in total. The number of hydrogen-bond acceptors (Lipinski definition) is 5. The summed E-state index contributed by atoms with van der Waals surface area (Å²) in [7, 11) is 0. The maximum atomic E-state index is 12.8. The second-order valence-electron chi connectivity index (χ2n) is 6.86. The Balaban J connectivity index is 1.77. The molecular formula is C20H23N3O5. The molecule has 0 atom stereocenters. The van der Waals surface area contributed by atoms with Gasteiger partial charge in [-0.1, -0.05) is 13.3 Å². The summed E-state index contributed by atoms with van der Waals surface area (Å²) >= 11 is 0. The van der Waals surface area contributed by atoms with Gasteiger partial charge in [0.25, 0.3) is 0 Å². The monoisotopic (exact) mass is 385 g/mol. The molecule has 0 radical (unpaired) electrons. The topological polar surface area (TPSA) is 92.8 Å². The first-order valence-electron chi connectivity index (χ1n) is 9.24. The van der Waals surface area contributed by atoms with Crippen molar-refractivity contribution in [3.05, 3.63) is 47.2 Å². The fraction of sp³-hybridized carbons (Fsp3) is 0.400. The second kappa shape index (κ2) is 7.84. The largest absolute Gasteiger partial charge is 0.467 e. The number of urea groups is 1. The van der Waals surface area contributed by atoms with Gasteiger partial charge in [-0.15, -0.1) is 0 Å². The minimum Gasteiger partial charge on any atom is -0.467 e. The fourth-order valence-corrected chi connectivity index (χ4v) is 3.32. The lowest BCUT2D eigenvalue weighted by molar-refractivity contribution is -0.143. The van der Waals surface area contributed by atoms with Crippen LogP contribution in [-0.4, -0.2) is 51.1 Å². The Morgan fingerprint density at radius 3 is 2.46 bits per heavy atom. The fourth-order valence-electron chi connectivity index (χ4n) is 3.32. The van der Waals surface area contributed by atoms with Crippen LogP contribution >= 0.6 is 0 Å². The average Bonchev–Trinajstić information content (AvgIpc) is 3.33. The van der Waals surface area contributed by atoms with Crippen LogP contribution in [0.4, 0.5) is 4.79 Å². The van der Waals surface area contributed by atoms with E-state index < -0.39 is 24.4 Å². The summed E-state index contributed by atoms with van der Waals surface area (Å²) in [5, 5.41) is 0. The van der Waals surface area contributed by atoms with E-state index in [2.05, 4.69) is 0 Å². The molecular weight excluding hydrogens is 362 g/mol. The highest BCUT2D eigenvalue weighted by Gasteiger charge is 2.44. The third kappa shape index (κ3) is 3.49. The molecule has 1 aliphatic rings. The summed E-state index contributed by atoms with van der Waals surface area (Å²) in [5.41, 5.74) is 1.99. The lowest BCUT2D eigenvalue weighted by Gasteiger charge is -2.14. The number of carbonyl (C=O) groups is 4. The molecule has 2 aromatic rings. The molecule has 0 spiro atoms. The van der Waals surface area contributed by atoms with E-state index in [4.69, 9.17) is 4.42 Å². The van der Waals surface area contributed by atoms with Crippen molar-refractivity contribution in [3.63, 3.8) is 0 Å². The van der Waals surface area contributed by atoms with E-state index in [1.54, 1.807) is 25.3 Å². The van der Waals surface area contributed by atoms with Crippen LogP contribution in [0, 0.1) is 13.8 Å². The van der Waals surface area contributed by atoms with Gasteiger partial charge >= 0.3 is 17.8 Å². The van der Waals surface area contributed by atoms with Crippen molar-refractivity contribution in [2.45, 2.75) is 40.2 Å². The van der Waals surface area contributed by atoms with Gasteiger partial charge in [-0.2, -0.15) is 0 Å². The molecule has 0 saturated carbocycles. The number of rotatable bonds is 8. The van der Waals surface area contributed by atoms with Crippen LogP contribution in [0.3, 0.4) is 0 Å². The van der Waals surface area contributed by atoms with Crippen molar-refractivity contribution in [1.82, 2.24) is 14.4 Å². The molecule has 4 amide bonds. The average molecular weight is 385 g/mol. The Morgan fingerprint density at radius 1 is 1.11 bits per heavy atom. The second-order valence-corrected chi connectivity index (χ2v) is 6.86. The van der Waals surface area contributed by atoms with Crippen LogP contribution in [-0.2, 0) is 16.1 Å². The first-order valence-corrected chi connectivity index (χ1v) is 9.24. The highest BCUT2D eigenvalue weighted by Crippen LogP contribution is 2.20. The Hall–Kier alpha value is -3.16. The molecule has 1 fully saturated rings. The maximum Gasteiger partial charge on any atom is 0.334 e. The SMILES string of the molecule is CCCCN1C(=O)C(=O)N(CC(=O)c2cc(C)n(Cc3ccco3)c2C)C1=O. The van der Waals surface area contributed by atoms with Crippen LogP contribution in [0.1, 0.15) is 47.3 Å². The number of aryl methyl sites for hydroxylation is 1. The molecule has 148 valence electrons. The quantitative estimate of drug-likeness (QED) is 0.395. The number of amides is 4. The lowest BCUT2D eigenvalue weighted by atomic mass is 10.1. The van der Waals surface area contributed by atoms with Gasteiger partial charge < -0.3 is 8.98 Å². The van der Waals surface area contributed by atoms with Gasteiger partial charge in [-0.05, 0) is 38.5 Å². The van der Waals surface area contributed by atoms with E-state index in [0.29, 0.717) is 24.2 Å². The van der Waals surface area contributed by atoms with Crippen molar-refractivity contribution < 1.29 is 23.6 Å². The highest BCUT2D eigenvalue weighted by molar-refractivity contribution is 6.45. The van der Waals surface area contributed by atoms with Gasteiger partial charge in [0.2, 0.25) is 0 Å². The van der Waals surface area contributed by atoms with E-state index in [1.165, 1.54) is 0 Å². The van der Waals surface area contributed by atoms with Crippen LogP contribution in [0.15, 0.2) is 28.9 Å². The molecule has 0 bridgehead atoms. The van der Waals surface area contributed by atoms with Crippen molar-refractivity contribution in [2.24, 2.45) is 0 Å². The molecule has 8 heteroatoms. The summed E-state index contributed by atoms with van der Waals surface area (Å²) in [5.74, 6) is -1.44.